The van der Waals surface area contributed by atoms with E-state index < -0.39 is 11.4 Å². The lowest BCUT2D eigenvalue weighted by molar-refractivity contribution is -0.149. The molecule has 0 rings (SSSR count). The predicted octanol–water partition coefficient (Wildman–Crippen LogP) is 9.42. The van der Waals surface area contributed by atoms with Crippen molar-refractivity contribution < 1.29 is 9.90 Å². The first-order chi connectivity index (χ1) is 15.6. The number of aliphatic carboxylic acids is 1. The zero-order valence-corrected chi connectivity index (χ0v) is 22.1. The Bertz CT molecular complexity index is 399. The van der Waals surface area contributed by atoms with Crippen molar-refractivity contribution in [2.75, 3.05) is 6.54 Å². The molecule has 32 heavy (non-hydrogen) atoms. The smallest absolute Gasteiger partial charge is 0.310 e. The number of hydrogen-bond acceptors (Lipinski definition) is 2. The molecule has 1 atom stereocenters. The van der Waals surface area contributed by atoms with Crippen LogP contribution >= 0.6 is 0 Å². The van der Waals surface area contributed by atoms with Gasteiger partial charge in [0, 0.05) is 6.54 Å². The van der Waals surface area contributed by atoms with Gasteiger partial charge in [0.2, 0.25) is 0 Å². The first-order valence-electron chi connectivity index (χ1n) is 14.6. The van der Waals surface area contributed by atoms with E-state index in [1.165, 1.54) is 116 Å². The fourth-order valence-electron chi connectivity index (χ4n) is 4.89. The number of hydrogen-bond donors (Lipinski definition) is 2. The Morgan fingerprint density at radius 2 is 0.781 bits per heavy atom. The molecule has 3 nitrogen and oxygen atoms in total. The van der Waals surface area contributed by atoms with E-state index in [-0.39, 0.29) is 6.54 Å². The summed E-state index contributed by atoms with van der Waals surface area (Å²) < 4.78 is 0. The molecule has 0 aliphatic carbocycles. The standard InChI is InChI=1S/C29H59NO2/c1-3-5-7-9-11-13-15-16-18-20-22-24-26-29(27-30,28(31)32)25-23-21-19-17-14-12-10-8-6-4-2/h3-27,30H2,1-2H3,(H,31,32). The van der Waals surface area contributed by atoms with E-state index in [1.807, 2.05) is 0 Å². The molecule has 0 fully saturated rings. The zero-order valence-electron chi connectivity index (χ0n) is 22.1. The molecule has 1 unspecified atom stereocenters. The summed E-state index contributed by atoms with van der Waals surface area (Å²) in [5.41, 5.74) is 5.31. The topological polar surface area (TPSA) is 63.3 Å². The molecule has 3 N–H and O–H groups in total. The summed E-state index contributed by atoms with van der Waals surface area (Å²) in [5.74, 6) is -0.668. The third kappa shape index (κ3) is 17.9. The van der Waals surface area contributed by atoms with Crippen LogP contribution in [0.5, 0.6) is 0 Å². The number of carbonyl (C=O) groups is 1. The van der Waals surface area contributed by atoms with Gasteiger partial charge >= 0.3 is 5.97 Å². The maximum atomic E-state index is 12.0. The molecule has 0 saturated heterocycles. The van der Waals surface area contributed by atoms with Crippen LogP contribution in [0.2, 0.25) is 0 Å². The highest BCUT2D eigenvalue weighted by atomic mass is 16.4. The maximum absolute atomic E-state index is 12.0. The van der Waals surface area contributed by atoms with Crippen LogP contribution in [0, 0.1) is 5.41 Å². The minimum Gasteiger partial charge on any atom is -0.481 e. The maximum Gasteiger partial charge on any atom is 0.310 e. The molecule has 3 heteroatoms. The van der Waals surface area contributed by atoms with Gasteiger partial charge < -0.3 is 10.8 Å². The van der Waals surface area contributed by atoms with Gasteiger partial charge in [-0.1, -0.05) is 155 Å². The molecule has 0 aliphatic rings. The molecule has 0 aliphatic heterocycles. The summed E-state index contributed by atoms with van der Waals surface area (Å²) in [4.78, 5) is 12.0. The van der Waals surface area contributed by atoms with Crippen molar-refractivity contribution in [3.63, 3.8) is 0 Å². The lowest BCUT2D eigenvalue weighted by atomic mass is 9.78. The lowest BCUT2D eigenvalue weighted by Gasteiger charge is -2.28. The van der Waals surface area contributed by atoms with Crippen LogP contribution in [0.3, 0.4) is 0 Å². The minimum absolute atomic E-state index is 0.289. The van der Waals surface area contributed by atoms with Crippen molar-refractivity contribution in [2.45, 2.75) is 168 Å². The molecule has 0 bridgehead atoms. The van der Waals surface area contributed by atoms with Crippen LogP contribution in [0.1, 0.15) is 168 Å². The summed E-state index contributed by atoms with van der Waals surface area (Å²) >= 11 is 0. The zero-order chi connectivity index (χ0) is 23.8. The van der Waals surface area contributed by atoms with Crippen LogP contribution in [-0.4, -0.2) is 17.6 Å². The average molecular weight is 454 g/mol. The molecular formula is C29H59NO2. The van der Waals surface area contributed by atoms with E-state index in [0.29, 0.717) is 0 Å². The molecule has 0 spiro atoms. The van der Waals surface area contributed by atoms with Crippen LogP contribution in [-0.2, 0) is 4.79 Å². The Kier molecular flexibility index (Phi) is 23.2. The average Bonchev–Trinajstić information content (AvgIpc) is 2.79. The molecule has 0 aromatic carbocycles. The Hall–Kier alpha value is -0.570. The van der Waals surface area contributed by atoms with Gasteiger partial charge in [-0.2, -0.15) is 0 Å². The summed E-state index contributed by atoms with van der Waals surface area (Å²) in [6, 6.07) is 0. The van der Waals surface area contributed by atoms with Gasteiger partial charge in [0.15, 0.2) is 0 Å². The molecule has 0 saturated carbocycles. The Labute approximate surface area is 201 Å². The second kappa shape index (κ2) is 23.6. The Morgan fingerprint density at radius 1 is 0.531 bits per heavy atom. The monoisotopic (exact) mass is 453 g/mol. The van der Waals surface area contributed by atoms with Crippen LogP contribution in [0.15, 0.2) is 0 Å². The van der Waals surface area contributed by atoms with E-state index >= 15 is 0 Å². The van der Waals surface area contributed by atoms with Crippen molar-refractivity contribution in [3.05, 3.63) is 0 Å². The number of carboxylic acids is 1. The van der Waals surface area contributed by atoms with Gasteiger partial charge in [-0.05, 0) is 12.8 Å². The second-order valence-corrected chi connectivity index (χ2v) is 10.4. The number of carboxylic acid groups (broad SMARTS) is 1. The molecule has 0 aromatic rings. The number of unbranched alkanes of at least 4 members (excludes halogenated alkanes) is 20. The van der Waals surface area contributed by atoms with Crippen LogP contribution < -0.4 is 5.73 Å². The highest BCUT2D eigenvalue weighted by molar-refractivity contribution is 5.74. The minimum atomic E-state index is -0.682. The fourth-order valence-corrected chi connectivity index (χ4v) is 4.89. The molecule has 0 radical (unpaired) electrons. The van der Waals surface area contributed by atoms with Crippen molar-refractivity contribution >= 4 is 5.97 Å². The van der Waals surface area contributed by atoms with E-state index in [0.717, 1.165) is 38.5 Å². The highest BCUT2D eigenvalue weighted by Crippen LogP contribution is 2.31. The molecule has 0 heterocycles. The number of nitrogens with two attached hydrogens (primary N) is 1. The van der Waals surface area contributed by atoms with Crippen molar-refractivity contribution in [3.8, 4) is 0 Å². The van der Waals surface area contributed by atoms with Gasteiger partial charge in [-0.15, -0.1) is 0 Å². The number of rotatable bonds is 26. The predicted molar refractivity (Wildman–Crippen MR) is 141 cm³/mol. The first kappa shape index (κ1) is 31.4. The van der Waals surface area contributed by atoms with Crippen LogP contribution in [0.25, 0.3) is 0 Å². The summed E-state index contributed by atoms with van der Waals surface area (Å²) in [6.45, 7) is 4.82. The quantitative estimate of drug-likeness (QED) is 0.128. The Morgan fingerprint density at radius 3 is 1.00 bits per heavy atom. The molecule has 0 amide bonds. The molecule has 192 valence electrons. The van der Waals surface area contributed by atoms with Crippen molar-refractivity contribution in [2.24, 2.45) is 11.1 Å². The van der Waals surface area contributed by atoms with E-state index in [1.54, 1.807) is 0 Å². The highest BCUT2D eigenvalue weighted by Gasteiger charge is 2.35. The molecule has 0 aromatic heterocycles. The van der Waals surface area contributed by atoms with Crippen LogP contribution in [0.4, 0.5) is 0 Å². The van der Waals surface area contributed by atoms with Gasteiger partial charge in [-0.3, -0.25) is 4.79 Å². The third-order valence-corrected chi connectivity index (χ3v) is 7.36. The largest absolute Gasteiger partial charge is 0.481 e. The SMILES string of the molecule is CCCCCCCCCCCCCCC(CN)(CCCCCCCCCCCC)C(=O)O. The van der Waals surface area contributed by atoms with Crippen molar-refractivity contribution in [1.82, 2.24) is 0 Å². The first-order valence-corrected chi connectivity index (χ1v) is 14.6. The summed E-state index contributed by atoms with van der Waals surface area (Å²) in [7, 11) is 0. The lowest BCUT2D eigenvalue weighted by Crippen LogP contribution is -2.38. The molecular weight excluding hydrogens is 394 g/mol. The second-order valence-electron chi connectivity index (χ2n) is 10.4. The van der Waals surface area contributed by atoms with E-state index in [4.69, 9.17) is 5.73 Å². The summed E-state index contributed by atoms with van der Waals surface area (Å²) in [5, 5.41) is 9.86. The normalized spacial score (nSPS) is 13.3. The third-order valence-electron chi connectivity index (χ3n) is 7.36. The summed E-state index contributed by atoms with van der Waals surface area (Å²) in [6.07, 6.45) is 30.1. The van der Waals surface area contributed by atoms with Gasteiger partial charge in [-0.25, -0.2) is 0 Å². The Balaban J connectivity index is 3.78. The van der Waals surface area contributed by atoms with Gasteiger partial charge in [0.25, 0.3) is 0 Å². The van der Waals surface area contributed by atoms with Gasteiger partial charge in [0.1, 0.15) is 0 Å². The fraction of sp³-hybridized carbons (Fsp3) is 0.966. The van der Waals surface area contributed by atoms with E-state index in [2.05, 4.69) is 13.8 Å². The van der Waals surface area contributed by atoms with Crippen molar-refractivity contribution in [1.29, 1.82) is 0 Å². The van der Waals surface area contributed by atoms with E-state index in [9.17, 15) is 9.90 Å². The van der Waals surface area contributed by atoms with Gasteiger partial charge in [0.05, 0.1) is 5.41 Å².